The Kier molecular flexibility index (Phi) is 4.65. The van der Waals surface area contributed by atoms with E-state index in [2.05, 4.69) is 131 Å². The SMILES string of the molecule is c1ccc(-c2ccc(-c3ccc4c(c3)B3c5ccccc5-c5ccccc5N3c3ccccc3-4)cc2)nc1. The van der Waals surface area contributed by atoms with Crippen molar-refractivity contribution >= 4 is 29.1 Å². The molecule has 2 nitrogen and oxygen atoms in total. The average Bonchev–Trinajstić information content (AvgIpc) is 3.01. The molecule has 0 amide bonds. The largest absolute Gasteiger partial charge is 0.376 e. The summed E-state index contributed by atoms with van der Waals surface area (Å²) in [4.78, 5) is 7.05. The molecule has 1 aromatic heterocycles. The molecule has 8 rings (SSSR count). The van der Waals surface area contributed by atoms with Crippen LogP contribution in [0.5, 0.6) is 0 Å². The minimum atomic E-state index is 0.110. The van der Waals surface area contributed by atoms with Crippen molar-refractivity contribution in [2.75, 3.05) is 4.81 Å². The Morgan fingerprint density at radius 3 is 1.74 bits per heavy atom. The van der Waals surface area contributed by atoms with E-state index in [-0.39, 0.29) is 6.85 Å². The third kappa shape index (κ3) is 3.12. The molecule has 0 saturated heterocycles. The monoisotopic (exact) mass is 482 g/mol. The standard InChI is InChI=1S/C35H23BN2/c1-4-12-31-27(9-1)29-10-2-5-14-34(29)38-35-15-6-3-11-30(35)28-21-20-26(23-32(28)36(31)38)24-16-18-25(19-17-24)33-13-7-8-22-37-33/h1-23H. The van der Waals surface area contributed by atoms with Crippen molar-refractivity contribution in [3.8, 4) is 44.6 Å². The van der Waals surface area contributed by atoms with E-state index < -0.39 is 0 Å². The lowest BCUT2D eigenvalue weighted by molar-refractivity contribution is 1.33. The van der Waals surface area contributed by atoms with Crippen LogP contribution in [0.1, 0.15) is 0 Å². The van der Waals surface area contributed by atoms with Crippen LogP contribution < -0.4 is 15.7 Å². The summed E-state index contributed by atoms with van der Waals surface area (Å²) in [5.74, 6) is 0. The first-order chi connectivity index (χ1) is 18.9. The van der Waals surface area contributed by atoms with Crippen molar-refractivity contribution in [1.82, 2.24) is 4.98 Å². The van der Waals surface area contributed by atoms with Crippen LogP contribution in [-0.2, 0) is 0 Å². The van der Waals surface area contributed by atoms with Crippen LogP contribution in [0.4, 0.5) is 11.4 Å². The Morgan fingerprint density at radius 2 is 1.03 bits per heavy atom. The molecule has 2 aliphatic rings. The van der Waals surface area contributed by atoms with Crippen LogP contribution in [-0.4, -0.2) is 11.8 Å². The van der Waals surface area contributed by atoms with Gasteiger partial charge in [0.1, 0.15) is 0 Å². The molecule has 38 heavy (non-hydrogen) atoms. The number of rotatable bonds is 2. The van der Waals surface area contributed by atoms with Crippen molar-refractivity contribution in [3.63, 3.8) is 0 Å². The summed E-state index contributed by atoms with van der Waals surface area (Å²) in [6.07, 6.45) is 1.84. The van der Waals surface area contributed by atoms with Crippen LogP contribution in [0.3, 0.4) is 0 Å². The van der Waals surface area contributed by atoms with Gasteiger partial charge in [0, 0.05) is 34.3 Å². The summed E-state index contributed by atoms with van der Waals surface area (Å²) in [5.41, 5.74) is 15.0. The lowest BCUT2D eigenvalue weighted by atomic mass is 9.43. The van der Waals surface area contributed by atoms with Gasteiger partial charge in [0.15, 0.2) is 0 Å². The molecule has 0 saturated carbocycles. The van der Waals surface area contributed by atoms with Crippen molar-refractivity contribution < 1.29 is 0 Å². The molecule has 0 fully saturated rings. The fraction of sp³-hybridized carbons (Fsp3) is 0. The predicted molar refractivity (Wildman–Crippen MR) is 160 cm³/mol. The Balaban J connectivity index is 1.33. The second-order valence-corrected chi connectivity index (χ2v) is 9.99. The molecule has 3 heterocycles. The van der Waals surface area contributed by atoms with E-state index in [0.29, 0.717) is 0 Å². The van der Waals surface area contributed by atoms with Crippen molar-refractivity contribution in [2.24, 2.45) is 0 Å². The van der Waals surface area contributed by atoms with E-state index in [9.17, 15) is 0 Å². The van der Waals surface area contributed by atoms with Crippen LogP contribution in [0, 0.1) is 0 Å². The summed E-state index contributed by atoms with van der Waals surface area (Å²) in [6.45, 7) is 0.110. The van der Waals surface area contributed by atoms with Gasteiger partial charge in [-0.3, -0.25) is 4.98 Å². The summed E-state index contributed by atoms with van der Waals surface area (Å²) >= 11 is 0. The maximum atomic E-state index is 4.51. The highest BCUT2D eigenvalue weighted by atomic mass is 15.1. The molecular formula is C35H23BN2. The molecule has 0 bridgehead atoms. The van der Waals surface area contributed by atoms with Gasteiger partial charge in [0.25, 0.3) is 0 Å². The normalized spacial score (nSPS) is 12.6. The van der Waals surface area contributed by atoms with Gasteiger partial charge in [0.2, 0.25) is 0 Å². The molecule has 0 radical (unpaired) electrons. The maximum absolute atomic E-state index is 4.51. The molecule has 6 aromatic rings. The number of hydrogen-bond donors (Lipinski definition) is 0. The second-order valence-electron chi connectivity index (χ2n) is 9.99. The highest BCUT2D eigenvalue weighted by molar-refractivity contribution is 6.92. The Morgan fingerprint density at radius 1 is 0.447 bits per heavy atom. The molecule has 3 heteroatoms. The zero-order chi connectivity index (χ0) is 25.1. The quantitative estimate of drug-likeness (QED) is 0.241. The molecule has 2 aliphatic heterocycles. The van der Waals surface area contributed by atoms with Gasteiger partial charge in [-0.15, -0.1) is 0 Å². The molecule has 176 valence electrons. The van der Waals surface area contributed by atoms with Crippen molar-refractivity contribution in [1.29, 1.82) is 0 Å². The second kappa shape index (κ2) is 8.32. The fourth-order valence-corrected chi connectivity index (χ4v) is 6.24. The fourth-order valence-electron chi connectivity index (χ4n) is 6.24. The van der Waals surface area contributed by atoms with Crippen LogP contribution >= 0.6 is 0 Å². The van der Waals surface area contributed by atoms with Crippen molar-refractivity contribution in [2.45, 2.75) is 0 Å². The topological polar surface area (TPSA) is 16.1 Å². The average molecular weight is 482 g/mol. The number of nitrogens with zero attached hydrogens (tertiary/aromatic N) is 2. The lowest BCUT2D eigenvalue weighted by Gasteiger charge is -2.43. The highest BCUT2D eigenvalue weighted by Crippen LogP contribution is 2.45. The van der Waals surface area contributed by atoms with Crippen LogP contribution in [0.15, 0.2) is 140 Å². The molecule has 0 unspecified atom stereocenters. The van der Waals surface area contributed by atoms with Gasteiger partial charge in [-0.1, -0.05) is 109 Å². The van der Waals surface area contributed by atoms with E-state index in [0.717, 1.165) is 11.3 Å². The molecule has 0 spiro atoms. The summed E-state index contributed by atoms with van der Waals surface area (Å²) in [5, 5.41) is 0. The van der Waals surface area contributed by atoms with Gasteiger partial charge < -0.3 is 4.81 Å². The van der Waals surface area contributed by atoms with Crippen molar-refractivity contribution in [3.05, 3.63) is 140 Å². The third-order valence-corrected chi connectivity index (χ3v) is 7.95. The zero-order valence-electron chi connectivity index (χ0n) is 20.8. The minimum absolute atomic E-state index is 0.110. The van der Waals surface area contributed by atoms with Gasteiger partial charge in [-0.05, 0) is 57.4 Å². The lowest BCUT2D eigenvalue weighted by Crippen LogP contribution is -2.59. The Labute approximate surface area is 223 Å². The zero-order valence-corrected chi connectivity index (χ0v) is 20.8. The predicted octanol–water partition coefficient (Wildman–Crippen LogP) is 7.32. The number of para-hydroxylation sites is 2. The first kappa shape index (κ1) is 21.2. The molecule has 5 aromatic carbocycles. The highest BCUT2D eigenvalue weighted by Gasteiger charge is 2.41. The maximum Gasteiger partial charge on any atom is 0.329 e. The molecular weight excluding hydrogens is 459 g/mol. The minimum Gasteiger partial charge on any atom is -0.376 e. The summed E-state index contributed by atoms with van der Waals surface area (Å²) in [7, 11) is 0. The number of aromatic nitrogens is 1. The third-order valence-electron chi connectivity index (χ3n) is 7.95. The number of hydrogen-bond acceptors (Lipinski definition) is 2. The van der Waals surface area contributed by atoms with Crippen LogP contribution in [0.2, 0.25) is 0 Å². The van der Waals surface area contributed by atoms with E-state index in [4.69, 9.17) is 0 Å². The number of anilines is 2. The van der Waals surface area contributed by atoms with E-state index in [1.165, 1.54) is 55.7 Å². The first-order valence-electron chi connectivity index (χ1n) is 13.1. The van der Waals surface area contributed by atoms with Gasteiger partial charge in [0.05, 0.1) is 5.69 Å². The number of benzene rings is 5. The van der Waals surface area contributed by atoms with E-state index in [1.807, 2.05) is 18.3 Å². The molecule has 0 aliphatic carbocycles. The Hall–Kier alpha value is -4.89. The van der Waals surface area contributed by atoms with Gasteiger partial charge >= 0.3 is 6.85 Å². The number of fused-ring (bicyclic) bond motifs is 11. The van der Waals surface area contributed by atoms with Crippen LogP contribution in [0.25, 0.3) is 44.6 Å². The molecule has 0 N–H and O–H groups in total. The summed E-state index contributed by atoms with van der Waals surface area (Å²) < 4.78 is 0. The van der Waals surface area contributed by atoms with Gasteiger partial charge in [-0.2, -0.15) is 0 Å². The van der Waals surface area contributed by atoms with E-state index >= 15 is 0 Å². The Bertz CT molecular complexity index is 1830. The first-order valence-corrected chi connectivity index (χ1v) is 13.1. The smallest absolute Gasteiger partial charge is 0.329 e. The van der Waals surface area contributed by atoms with E-state index in [1.54, 1.807) is 0 Å². The van der Waals surface area contributed by atoms with Gasteiger partial charge in [-0.25, -0.2) is 0 Å². The molecule has 0 atom stereocenters. The number of pyridine rings is 1. The summed E-state index contributed by atoms with van der Waals surface area (Å²) in [6, 6.07) is 48.3.